The molecule has 0 saturated carbocycles. The molecule has 2 nitrogen and oxygen atoms in total. The highest BCUT2D eigenvalue weighted by Crippen LogP contribution is 2.23. The summed E-state index contributed by atoms with van der Waals surface area (Å²) in [4.78, 5) is 0. The highest BCUT2D eigenvalue weighted by Gasteiger charge is 2.09. The van der Waals surface area contributed by atoms with Crippen molar-refractivity contribution in [1.82, 2.24) is 0 Å². The zero-order valence-electron chi connectivity index (χ0n) is 5.84. The van der Waals surface area contributed by atoms with E-state index in [4.69, 9.17) is 9.47 Å². The van der Waals surface area contributed by atoms with Crippen molar-refractivity contribution in [1.29, 1.82) is 0 Å². The van der Waals surface area contributed by atoms with Crippen LogP contribution in [0.25, 0.3) is 0 Å². The third kappa shape index (κ3) is 1.19. The van der Waals surface area contributed by atoms with Gasteiger partial charge in [0.1, 0.15) is 11.6 Å². The minimum Gasteiger partial charge on any atom is -0.467 e. The molecule has 0 aliphatic carbocycles. The van der Waals surface area contributed by atoms with E-state index in [9.17, 15) is 4.39 Å². The van der Waals surface area contributed by atoms with Crippen LogP contribution in [0.15, 0.2) is 18.2 Å². The van der Waals surface area contributed by atoms with Crippen molar-refractivity contribution in [2.75, 3.05) is 6.79 Å². The van der Waals surface area contributed by atoms with E-state index in [1.807, 2.05) is 0 Å². The molecule has 0 spiro atoms. The zero-order chi connectivity index (χ0) is 7.68. The highest BCUT2D eigenvalue weighted by atomic mass is 19.1. The number of benzene rings is 1. The second kappa shape index (κ2) is 2.51. The molecule has 58 valence electrons. The minimum atomic E-state index is -0.273. The molecule has 1 aliphatic heterocycles. The van der Waals surface area contributed by atoms with E-state index in [1.165, 1.54) is 12.1 Å². The molecular formula is C8H7FO2. The van der Waals surface area contributed by atoms with Gasteiger partial charge in [0.2, 0.25) is 0 Å². The zero-order valence-corrected chi connectivity index (χ0v) is 5.84. The molecule has 1 aromatic rings. The quantitative estimate of drug-likeness (QED) is 0.566. The van der Waals surface area contributed by atoms with Crippen LogP contribution in [0.3, 0.4) is 0 Å². The van der Waals surface area contributed by atoms with Crippen LogP contribution in [0.4, 0.5) is 4.39 Å². The Morgan fingerprint density at radius 2 is 2.27 bits per heavy atom. The van der Waals surface area contributed by atoms with Gasteiger partial charge >= 0.3 is 0 Å². The summed E-state index contributed by atoms with van der Waals surface area (Å²) in [6.45, 7) is 0.728. The van der Waals surface area contributed by atoms with Gasteiger partial charge < -0.3 is 9.47 Å². The normalized spacial score (nSPS) is 15.4. The van der Waals surface area contributed by atoms with Gasteiger partial charge in [-0.2, -0.15) is 0 Å². The van der Waals surface area contributed by atoms with Gasteiger partial charge in [0, 0.05) is 11.6 Å². The standard InChI is InChI=1S/C8H7FO2/c9-7-2-1-6-4-10-5-11-8(6)3-7/h1-3H,4-5H2. The topological polar surface area (TPSA) is 18.5 Å². The number of ether oxygens (including phenoxy) is 2. The van der Waals surface area contributed by atoms with Crippen molar-refractivity contribution in [3.05, 3.63) is 29.6 Å². The van der Waals surface area contributed by atoms with E-state index in [0.717, 1.165) is 5.56 Å². The fraction of sp³-hybridized carbons (Fsp3) is 0.250. The number of hydrogen-bond acceptors (Lipinski definition) is 2. The van der Waals surface area contributed by atoms with Crippen molar-refractivity contribution in [2.24, 2.45) is 0 Å². The molecule has 0 aromatic heterocycles. The average Bonchev–Trinajstić information content (AvgIpc) is 2.04. The maximum absolute atomic E-state index is 12.6. The summed E-state index contributed by atoms with van der Waals surface area (Å²) < 4.78 is 22.6. The summed E-state index contributed by atoms with van der Waals surface area (Å²) in [5, 5.41) is 0. The molecule has 1 heterocycles. The van der Waals surface area contributed by atoms with E-state index in [1.54, 1.807) is 6.07 Å². The molecule has 0 radical (unpaired) electrons. The summed E-state index contributed by atoms with van der Waals surface area (Å²) in [5.41, 5.74) is 0.901. The van der Waals surface area contributed by atoms with Crippen LogP contribution in [0.1, 0.15) is 5.56 Å². The summed E-state index contributed by atoms with van der Waals surface area (Å²) >= 11 is 0. The molecule has 0 fully saturated rings. The van der Waals surface area contributed by atoms with Crippen LogP contribution in [0.5, 0.6) is 5.75 Å². The van der Waals surface area contributed by atoms with Crippen molar-refractivity contribution in [2.45, 2.75) is 6.61 Å². The van der Waals surface area contributed by atoms with Crippen molar-refractivity contribution in [3.63, 3.8) is 0 Å². The monoisotopic (exact) mass is 154 g/mol. The van der Waals surface area contributed by atoms with E-state index in [0.29, 0.717) is 12.4 Å². The lowest BCUT2D eigenvalue weighted by Gasteiger charge is -2.16. The Morgan fingerprint density at radius 1 is 1.36 bits per heavy atom. The van der Waals surface area contributed by atoms with Crippen LogP contribution in [0.2, 0.25) is 0 Å². The van der Waals surface area contributed by atoms with Gasteiger partial charge in [-0.05, 0) is 6.07 Å². The summed E-state index contributed by atoms with van der Waals surface area (Å²) in [6.07, 6.45) is 0. The van der Waals surface area contributed by atoms with Gasteiger partial charge in [0.15, 0.2) is 6.79 Å². The van der Waals surface area contributed by atoms with Crippen LogP contribution < -0.4 is 4.74 Å². The molecule has 0 unspecified atom stereocenters. The Balaban J connectivity index is 2.43. The molecule has 1 aromatic carbocycles. The first-order valence-corrected chi connectivity index (χ1v) is 3.35. The first-order valence-electron chi connectivity index (χ1n) is 3.35. The second-order valence-corrected chi connectivity index (χ2v) is 2.36. The number of rotatable bonds is 0. The first-order chi connectivity index (χ1) is 5.36. The molecule has 0 amide bonds. The Hall–Kier alpha value is -1.09. The highest BCUT2D eigenvalue weighted by molar-refractivity contribution is 5.34. The first kappa shape index (κ1) is 6.61. The van der Waals surface area contributed by atoms with Crippen molar-refractivity contribution in [3.8, 4) is 5.75 Å². The molecule has 3 heteroatoms. The van der Waals surface area contributed by atoms with Crippen molar-refractivity contribution < 1.29 is 13.9 Å². The molecule has 0 N–H and O–H groups in total. The smallest absolute Gasteiger partial charge is 0.189 e. The van der Waals surface area contributed by atoms with E-state index < -0.39 is 0 Å². The number of hydrogen-bond donors (Lipinski definition) is 0. The Morgan fingerprint density at radius 3 is 3.18 bits per heavy atom. The molecular weight excluding hydrogens is 147 g/mol. The lowest BCUT2D eigenvalue weighted by molar-refractivity contribution is -0.0166. The van der Waals surface area contributed by atoms with Gasteiger partial charge in [0.25, 0.3) is 0 Å². The van der Waals surface area contributed by atoms with E-state index in [2.05, 4.69) is 0 Å². The summed E-state index contributed by atoms with van der Waals surface area (Å²) in [6, 6.07) is 4.44. The van der Waals surface area contributed by atoms with Crippen LogP contribution >= 0.6 is 0 Å². The molecule has 0 saturated heterocycles. The van der Waals surface area contributed by atoms with Crippen molar-refractivity contribution >= 4 is 0 Å². The van der Waals surface area contributed by atoms with Crippen LogP contribution in [-0.2, 0) is 11.3 Å². The number of halogens is 1. The largest absolute Gasteiger partial charge is 0.467 e. The summed E-state index contributed by atoms with van der Waals surface area (Å²) in [7, 11) is 0. The Bertz CT molecular complexity index is 273. The average molecular weight is 154 g/mol. The maximum atomic E-state index is 12.6. The summed E-state index contributed by atoms with van der Waals surface area (Å²) in [5.74, 6) is 0.321. The molecule has 1 aliphatic rings. The molecule has 0 bridgehead atoms. The van der Waals surface area contributed by atoms with Crippen LogP contribution in [0, 0.1) is 5.82 Å². The molecule has 2 rings (SSSR count). The second-order valence-electron chi connectivity index (χ2n) is 2.36. The Kier molecular flexibility index (Phi) is 1.51. The lowest BCUT2D eigenvalue weighted by Crippen LogP contribution is -2.11. The molecule has 0 atom stereocenters. The van der Waals surface area contributed by atoms with Gasteiger partial charge in [-0.15, -0.1) is 0 Å². The molecule has 11 heavy (non-hydrogen) atoms. The van der Waals surface area contributed by atoms with E-state index >= 15 is 0 Å². The third-order valence-corrected chi connectivity index (χ3v) is 1.58. The minimum absolute atomic E-state index is 0.219. The van der Waals surface area contributed by atoms with Gasteiger partial charge in [-0.25, -0.2) is 4.39 Å². The third-order valence-electron chi connectivity index (χ3n) is 1.58. The van der Waals surface area contributed by atoms with Gasteiger partial charge in [0.05, 0.1) is 6.61 Å². The van der Waals surface area contributed by atoms with E-state index in [-0.39, 0.29) is 12.6 Å². The predicted molar refractivity (Wildman–Crippen MR) is 36.7 cm³/mol. The maximum Gasteiger partial charge on any atom is 0.189 e. The fourth-order valence-electron chi connectivity index (χ4n) is 1.04. The fourth-order valence-corrected chi connectivity index (χ4v) is 1.04. The van der Waals surface area contributed by atoms with Crippen LogP contribution in [-0.4, -0.2) is 6.79 Å². The SMILES string of the molecule is Fc1ccc2c(c1)OCOC2. The lowest BCUT2D eigenvalue weighted by atomic mass is 10.2. The number of fused-ring (bicyclic) bond motifs is 1. The van der Waals surface area contributed by atoms with Gasteiger partial charge in [-0.3, -0.25) is 0 Å². The predicted octanol–water partition coefficient (Wildman–Crippen LogP) is 1.69. The Labute approximate surface area is 63.5 Å². The van der Waals surface area contributed by atoms with Gasteiger partial charge in [-0.1, -0.05) is 6.07 Å².